The first-order valence-corrected chi connectivity index (χ1v) is 6.28. The van der Waals surface area contributed by atoms with Crippen LogP contribution in [0.4, 0.5) is 8.78 Å². The Morgan fingerprint density at radius 3 is 2.20 bits per heavy atom. The second-order valence-corrected chi connectivity index (χ2v) is 5.84. The Balaban J connectivity index is 2.71. The fourth-order valence-corrected chi connectivity index (χ4v) is 3.05. The van der Waals surface area contributed by atoms with Gasteiger partial charge in [-0.1, -0.05) is 0 Å². The molecule has 0 N–H and O–H groups in total. The Bertz CT molecular complexity index is 336. The largest absolute Gasteiger partial charge is 0.465 e. The average molecular weight is 242 g/mol. The Morgan fingerprint density at radius 2 is 1.80 bits per heavy atom. The maximum atomic E-state index is 13.3. The van der Waals surface area contributed by atoms with E-state index in [2.05, 4.69) is 4.74 Å². The van der Waals surface area contributed by atoms with Crippen molar-refractivity contribution in [3.63, 3.8) is 0 Å². The van der Waals surface area contributed by atoms with Crippen molar-refractivity contribution in [1.29, 1.82) is 0 Å². The number of hydrogen-bond donors (Lipinski definition) is 0. The Labute approximate surface area is 86.5 Å². The van der Waals surface area contributed by atoms with Gasteiger partial charge in [0, 0.05) is 5.92 Å². The molecule has 0 spiro atoms. The van der Waals surface area contributed by atoms with Crippen LogP contribution in [0.2, 0.25) is 0 Å². The second-order valence-electron chi connectivity index (χ2n) is 3.54. The van der Waals surface area contributed by atoms with E-state index in [1.54, 1.807) is 0 Å². The quantitative estimate of drug-likeness (QED) is 0.666. The highest BCUT2D eigenvalue weighted by atomic mass is 32.2. The van der Waals surface area contributed by atoms with Gasteiger partial charge in [0.2, 0.25) is 0 Å². The summed E-state index contributed by atoms with van der Waals surface area (Å²) in [5, 5.41) is 0. The molecule has 0 saturated carbocycles. The third-order valence-corrected chi connectivity index (χ3v) is 4.24. The fourth-order valence-electron chi connectivity index (χ4n) is 1.56. The number of methoxy groups -OCH3 is 1. The molecule has 1 heterocycles. The lowest BCUT2D eigenvalue weighted by Gasteiger charge is -2.27. The molecule has 1 aliphatic heterocycles. The summed E-state index contributed by atoms with van der Waals surface area (Å²) in [4.78, 5) is 10.8. The van der Waals surface area contributed by atoms with Crippen molar-refractivity contribution < 1.29 is 26.7 Å². The van der Waals surface area contributed by atoms with Crippen LogP contribution < -0.4 is 0 Å². The highest BCUT2D eigenvalue weighted by Gasteiger charge is 2.49. The lowest BCUT2D eigenvalue weighted by molar-refractivity contribution is -0.177. The minimum atomic E-state index is -3.58. The van der Waals surface area contributed by atoms with Crippen LogP contribution in [-0.2, 0) is 19.4 Å². The van der Waals surface area contributed by atoms with Crippen LogP contribution in [0.15, 0.2) is 0 Å². The number of alkyl halides is 2. The third kappa shape index (κ3) is 2.64. The molecule has 0 aromatic heterocycles. The van der Waals surface area contributed by atoms with Crippen molar-refractivity contribution in [1.82, 2.24) is 0 Å². The minimum absolute atomic E-state index is 0.190. The summed E-state index contributed by atoms with van der Waals surface area (Å²) < 4.78 is 52.6. The predicted molar refractivity (Wildman–Crippen MR) is 48.3 cm³/mol. The molecule has 0 radical (unpaired) electrons. The number of sulfone groups is 1. The SMILES string of the molecule is COC(=O)C(F)(F)C1CCS(=O)(=O)CC1. The highest BCUT2D eigenvalue weighted by molar-refractivity contribution is 7.91. The van der Waals surface area contributed by atoms with Crippen LogP contribution in [0.5, 0.6) is 0 Å². The Hall–Kier alpha value is -0.720. The van der Waals surface area contributed by atoms with Crippen LogP contribution in [-0.4, -0.2) is 38.9 Å². The van der Waals surface area contributed by atoms with Gasteiger partial charge in [-0.05, 0) is 12.8 Å². The van der Waals surface area contributed by atoms with Gasteiger partial charge in [-0.2, -0.15) is 8.78 Å². The van der Waals surface area contributed by atoms with Gasteiger partial charge in [0.15, 0.2) is 0 Å². The summed E-state index contributed by atoms with van der Waals surface area (Å²) in [6.45, 7) is 0. The van der Waals surface area contributed by atoms with Gasteiger partial charge in [-0.25, -0.2) is 13.2 Å². The number of halogens is 2. The molecule has 0 aromatic rings. The van der Waals surface area contributed by atoms with E-state index < -0.39 is 27.6 Å². The van der Waals surface area contributed by atoms with E-state index in [9.17, 15) is 22.0 Å². The first-order chi connectivity index (χ1) is 6.79. The first kappa shape index (κ1) is 12.4. The molecule has 0 unspecified atom stereocenters. The lowest BCUT2D eigenvalue weighted by Crippen LogP contribution is -2.42. The molecule has 1 rings (SSSR count). The molecule has 0 aromatic carbocycles. The van der Waals surface area contributed by atoms with Gasteiger partial charge >= 0.3 is 11.9 Å². The summed E-state index contributed by atoms with van der Waals surface area (Å²) in [6, 6.07) is 0. The molecule has 0 aliphatic carbocycles. The molecular weight excluding hydrogens is 230 g/mol. The molecule has 0 atom stereocenters. The summed E-state index contributed by atoms with van der Waals surface area (Å²) in [5.74, 6) is -6.97. The van der Waals surface area contributed by atoms with E-state index in [0.29, 0.717) is 0 Å². The summed E-state index contributed by atoms with van der Waals surface area (Å²) in [6.07, 6.45) is -0.380. The van der Waals surface area contributed by atoms with Gasteiger partial charge in [-0.3, -0.25) is 0 Å². The average Bonchev–Trinajstić information content (AvgIpc) is 2.15. The van der Waals surface area contributed by atoms with Gasteiger partial charge in [0.05, 0.1) is 18.6 Å². The number of esters is 1. The topological polar surface area (TPSA) is 60.4 Å². The van der Waals surface area contributed by atoms with Gasteiger partial charge in [-0.15, -0.1) is 0 Å². The number of carbonyl (C=O) groups excluding carboxylic acids is 1. The number of rotatable bonds is 2. The lowest BCUT2D eigenvalue weighted by atomic mass is 9.95. The summed E-state index contributed by atoms with van der Waals surface area (Å²) in [5.41, 5.74) is 0. The van der Waals surface area contributed by atoms with Crippen LogP contribution in [0, 0.1) is 5.92 Å². The third-order valence-electron chi connectivity index (χ3n) is 2.52. The van der Waals surface area contributed by atoms with E-state index in [-0.39, 0.29) is 24.3 Å². The molecule has 1 fully saturated rings. The molecule has 4 nitrogen and oxygen atoms in total. The van der Waals surface area contributed by atoms with Crippen molar-refractivity contribution in [3.05, 3.63) is 0 Å². The highest BCUT2D eigenvalue weighted by Crippen LogP contribution is 2.34. The maximum absolute atomic E-state index is 13.3. The molecule has 1 saturated heterocycles. The van der Waals surface area contributed by atoms with Crippen molar-refractivity contribution in [2.24, 2.45) is 5.92 Å². The monoisotopic (exact) mass is 242 g/mol. The van der Waals surface area contributed by atoms with Crippen molar-refractivity contribution in [2.45, 2.75) is 18.8 Å². The summed E-state index contributed by atoms with van der Waals surface area (Å²) >= 11 is 0. The minimum Gasteiger partial charge on any atom is -0.465 e. The molecule has 88 valence electrons. The van der Waals surface area contributed by atoms with Crippen molar-refractivity contribution >= 4 is 15.8 Å². The molecule has 15 heavy (non-hydrogen) atoms. The van der Waals surface area contributed by atoms with Crippen LogP contribution in [0.3, 0.4) is 0 Å². The zero-order chi connectivity index (χ0) is 11.7. The Morgan fingerprint density at radius 1 is 1.33 bits per heavy atom. The van der Waals surface area contributed by atoms with E-state index in [1.165, 1.54) is 0 Å². The first-order valence-electron chi connectivity index (χ1n) is 4.46. The van der Waals surface area contributed by atoms with Crippen LogP contribution in [0.1, 0.15) is 12.8 Å². The second kappa shape index (κ2) is 4.03. The van der Waals surface area contributed by atoms with Crippen LogP contribution in [0.25, 0.3) is 0 Å². The predicted octanol–water partition coefficient (Wildman–Crippen LogP) is 0.620. The molecule has 0 amide bonds. The van der Waals surface area contributed by atoms with E-state index in [4.69, 9.17) is 0 Å². The molecule has 7 heteroatoms. The van der Waals surface area contributed by atoms with Gasteiger partial charge in [0.1, 0.15) is 9.84 Å². The number of ether oxygens (including phenoxy) is 1. The Kier molecular flexibility index (Phi) is 3.32. The fraction of sp³-hybridized carbons (Fsp3) is 0.875. The van der Waals surface area contributed by atoms with E-state index >= 15 is 0 Å². The van der Waals surface area contributed by atoms with E-state index in [0.717, 1.165) is 7.11 Å². The maximum Gasteiger partial charge on any atom is 0.377 e. The van der Waals surface area contributed by atoms with Crippen molar-refractivity contribution in [3.8, 4) is 0 Å². The number of hydrogen-bond acceptors (Lipinski definition) is 4. The summed E-state index contributed by atoms with van der Waals surface area (Å²) in [7, 11) is -2.31. The zero-order valence-corrected chi connectivity index (χ0v) is 9.02. The van der Waals surface area contributed by atoms with Crippen molar-refractivity contribution in [2.75, 3.05) is 18.6 Å². The molecule has 1 aliphatic rings. The van der Waals surface area contributed by atoms with Gasteiger partial charge < -0.3 is 4.74 Å². The molecular formula is C8H12F2O4S. The normalized spacial score (nSPS) is 22.3. The smallest absolute Gasteiger partial charge is 0.377 e. The standard InChI is InChI=1S/C8H12F2O4S/c1-14-7(11)8(9,10)6-2-4-15(12,13)5-3-6/h6H,2-5H2,1H3. The van der Waals surface area contributed by atoms with E-state index in [1.807, 2.05) is 0 Å². The van der Waals surface area contributed by atoms with Crippen LogP contribution >= 0.6 is 0 Å². The van der Waals surface area contributed by atoms with Gasteiger partial charge in [0.25, 0.3) is 0 Å². The molecule has 0 bridgehead atoms. The zero-order valence-electron chi connectivity index (χ0n) is 8.20. The number of carbonyl (C=O) groups is 1.